The maximum absolute atomic E-state index is 9.19. The first-order valence-corrected chi connectivity index (χ1v) is 8.29. The van der Waals surface area contributed by atoms with Crippen molar-refractivity contribution in [3.05, 3.63) is 53.5 Å². The summed E-state index contributed by atoms with van der Waals surface area (Å²) in [6, 6.07) is 9.67. The van der Waals surface area contributed by atoms with Gasteiger partial charge in [-0.3, -0.25) is 4.98 Å². The first-order chi connectivity index (χ1) is 12.2. The number of hydrogen-bond donors (Lipinski definition) is 0. The van der Waals surface area contributed by atoms with Crippen LogP contribution in [0, 0.1) is 18.3 Å². The van der Waals surface area contributed by atoms with Gasteiger partial charge in [0.05, 0.1) is 11.6 Å². The van der Waals surface area contributed by atoms with Gasteiger partial charge in [0.25, 0.3) is 0 Å². The minimum absolute atomic E-state index is 0.524. The summed E-state index contributed by atoms with van der Waals surface area (Å²) in [6.45, 7) is 6.88. The number of benzene rings is 1. The number of ether oxygens (including phenoxy) is 2. The Hall–Kier alpha value is -2.68. The average molecular weight is 336 g/mol. The van der Waals surface area contributed by atoms with E-state index >= 15 is 0 Å². The number of aryl methyl sites for hydroxylation is 1. The summed E-state index contributed by atoms with van der Waals surface area (Å²) in [5, 5.41) is 10.1. The Labute approximate surface area is 146 Å². The third-order valence-corrected chi connectivity index (χ3v) is 3.97. The van der Waals surface area contributed by atoms with E-state index in [0.29, 0.717) is 30.1 Å². The average Bonchev–Trinajstić information content (AvgIpc) is 3.06. The molecule has 2 heterocycles. The zero-order chi connectivity index (χ0) is 17.8. The Morgan fingerprint density at radius 2 is 1.88 bits per heavy atom. The first-order valence-electron chi connectivity index (χ1n) is 8.29. The van der Waals surface area contributed by atoms with Crippen LogP contribution in [0.2, 0.25) is 0 Å². The number of furan rings is 1. The number of pyridine rings is 1. The number of aromatic nitrogens is 1. The Balaban J connectivity index is 2.13. The highest BCUT2D eigenvalue weighted by atomic mass is 16.7. The topological polar surface area (TPSA) is 68.3 Å². The lowest BCUT2D eigenvalue weighted by Crippen LogP contribution is -2.07. The molecule has 0 atom stereocenters. The molecule has 0 amide bonds. The molecule has 128 valence electrons. The van der Waals surface area contributed by atoms with Gasteiger partial charge in [-0.2, -0.15) is 5.26 Å². The van der Waals surface area contributed by atoms with Crippen LogP contribution >= 0.6 is 0 Å². The van der Waals surface area contributed by atoms with Gasteiger partial charge in [-0.15, -0.1) is 0 Å². The molecule has 0 saturated heterocycles. The summed E-state index contributed by atoms with van der Waals surface area (Å²) >= 11 is 0. The van der Waals surface area contributed by atoms with Gasteiger partial charge in [0.15, 0.2) is 5.76 Å². The van der Waals surface area contributed by atoms with Crippen LogP contribution in [0.1, 0.15) is 37.0 Å². The van der Waals surface area contributed by atoms with Crippen LogP contribution in [0.3, 0.4) is 0 Å². The molecule has 0 radical (unpaired) electrons. The van der Waals surface area contributed by atoms with Crippen molar-refractivity contribution in [3.63, 3.8) is 0 Å². The van der Waals surface area contributed by atoms with Crippen LogP contribution < -0.4 is 0 Å². The molecule has 1 aromatic carbocycles. The van der Waals surface area contributed by atoms with Crippen molar-refractivity contribution >= 4 is 11.0 Å². The molecular weight excluding hydrogens is 316 g/mol. The smallest absolute Gasteiger partial charge is 0.217 e. The molecule has 0 spiro atoms. The summed E-state index contributed by atoms with van der Waals surface area (Å²) in [6.07, 6.45) is 2.97. The summed E-state index contributed by atoms with van der Waals surface area (Å²) in [5.41, 5.74) is 4.16. The minimum Gasteiger partial charge on any atom is -0.455 e. The molecule has 0 aliphatic heterocycles. The second-order valence-corrected chi connectivity index (χ2v) is 5.64. The summed E-state index contributed by atoms with van der Waals surface area (Å²) < 4.78 is 17.3. The van der Waals surface area contributed by atoms with E-state index in [9.17, 15) is 5.26 Å². The van der Waals surface area contributed by atoms with Gasteiger partial charge in [0.1, 0.15) is 5.58 Å². The van der Waals surface area contributed by atoms with E-state index < -0.39 is 6.29 Å². The zero-order valence-electron chi connectivity index (χ0n) is 14.6. The Morgan fingerprint density at radius 1 is 1.12 bits per heavy atom. The molecule has 3 rings (SSSR count). The van der Waals surface area contributed by atoms with Gasteiger partial charge in [0.2, 0.25) is 6.29 Å². The Kier molecular flexibility index (Phi) is 5.13. The van der Waals surface area contributed by atoms with Crippen molar-refractivity contribution in [1.29, 1.82) is 5.26 Å². The minimum atomic E-state index is -0.540. The largest absolute Gasteiger partial charge is 0.455 e. The Bertz CT molecular complexity index is 918. The van der Waals surface area contributed by atoms with E-state index in [0.717, 1.165) is 22.1 Å². The summed E-state index contributed by atoms with van der Waals surface area (Å²) in [7, 11) is 0. The van der Waals surface area contributed by atoms with Gasteiger partial charge >= 0.3 is 0 Å². The molecular formula is C20H20N2O3. The molecule has 3 aromatic rings. The fraction of sp³-hybridized carbons (Fsp3) is 0.300. The summed E-state index contributed by atoms with van der Waals surface area (Å²) in [5.74, 6) is 0.613. The highest BCUT2D eigenvalue weighted by Crippen LogP contribution is 2.35. The van der Waals surface area contributed by atoms with E-state index in [1.807, 2.05) is 39.0 Å². The van der Waals surface area contributed by atoms with Crippen molar-refractivity contribution in [2.75, 3.05) is 13.2 Å². The highest BCUT2D eigenvalue weighted by molar-refractivity contribution is 5.92. The van der Waals surface area contributed by atoms with Crippen molar-refractivity contribution in [2.24, 2.45) is 0 Å². The quantitative estimate of drug-likeness (QED) is 0.608. The lowest BCUT2D eigenvalue weighted by atomic mass is 9.99. The maximum atomic E-state index is 9.19. The number of nitrogens with zero attached hydrogens (tertiary/aromatic N) is 2. The van der Waals surface area contributed by atoms with E-state index in [1.54, 1.807) is 18.5 Å². The van der Waals surface area contributed by atoms with Gasteiger partial charge in [-0.05, 0) is 50.1 Å². The first kappa shape index (κ1) is 17.2. The number of hydrogen-bond acceptors (Lipinski definition) is 5. The van der Waals surface area contributed by atoms with E-state index in [2.05, 4.69) is 11.1 Å². The second-order valence-electron chi connectivity index (χ2n) is 5.64. The van der Waals surface area contributed by atoms with Crippen LogP contribution in [-0.2, 0) is 9.47 Å². The van der Waals surface area contributed by atoms with Crippen LogP contribution in [0.15, 0.2) is 41.1 Å². The monoisotopic (exact) mass is 336 g/mol. The lowest BCUT2D eigenvalue weighted by molar-refractivity contribution is -0.150. The zero-order valence-corrected chi connectivity index (χ0v) is 14.6. The van der Waals surface area contributed by atoms with E-state index in [1.165, 1.54) is 0 Å². The SMILES string of the molecule is CCOC(OCC)c1cc2cncc(-c3cc(C#N)ccc3C)c2o1. The van der Waals surface area contributed by atoms with Gasteiger partial charge in [-0.1, -0.05) is 6.07 Å². The molecule has 25 heavy (non-hydrogen) atoms. The van der Waals surface area contributed by atoms with Crippen LogP contribution in [0.25, 0.3) is 22.1 Å². The predicted octanol–water partition coefficient (Wildman–Crippen LogP) is 4.75. The molecule has 0 aliphatic rings. The molecule has 0 aliphatic carbocycles. The second kappa shape index (κ2) is 7.47. The lowest BCUT2D eigenvalue weighted by Gasteiger charge is -2.13. The maximum Gasteiger partial charge on any atom is 0.217 e. The predicted molar refractivity (Wildman–Crippen MR) is 94.9 cm³/mol. The molecule has 5 nitrogen and oxygen atoms in total. The number of rotatable bonds is 6. The van der Waals surface area contributed by atoms with E-state index in [4.69, 9.17) is 13.9 Å². The van der Waals surface area contributed by atoms with Gasteiger partial charge < -0.3 is 13.9 Å². The van der Waals surface area contributed by atoms with E-state index in [-0.39, 0.29) is 0 Å². The molecule has 2 aromatic heterocycles. The third kappa shape index (κ3) is 3.41. The van der Waals surface area contributed by atoms with Gasteiger partial charge in [0, 0.05) is 36.6 Å². The highest BCUT2D eigenvalue weighted by Gasteiger charge is 2.19. The van der Waals surface area contributed by atoms with Crippen molar-refractivity contribution < 1.29 is 13.9 Å². The Morgan fingerprint density at radius 3 is 2.56 bits per heavy atom. The van der Waals surface area contributed by atoms with Crippen molar-refractivity contribution in [2.45, 2.75) is 27.1 Å². The fourth-order valence-electron chi connectivity index (χ4n) is 2.79. The summed E-state index contributed by atoms with van der Waals surface area (Å²) in [4.78, 5) is 4.33. The number of fused-ring (bicyclic) bond motifs is 1. The number of nitriles is 1. The molecule has 5 heteroatoms. The standard InChI is InChI=1S/C20H20N2O3/c1-4-23-20(24-5-2)18-9-15-11-22-12-17(19(15)25-18)16-8-14(10-21)7-6-13(16)3/h6-9,11-12,20H,4-5H2,1-3H3. The molecule has 0 N–H and O–H groups in total. The normalized spacial score (nSPS) is 11.2. The fourth-order valence-corrected chi connectivity index (χ4v) is 2.79. The van der Waals surface area contributed by atoms with Crippen LogP contribution in [0.4, 0.5) is 0 Å². The molecule has 0 saturated carbocycles. The van der Waals surface area contributed by atoms with Crippen LogP contribution in [-0.4, -0.2) is 18.2 Å². The van der Waals surface area contributed by atoms with Crippen LogP contribution in [0.5, 0.6) is 0 Å². The molecule has 0 fully saturated rings. The van der Waals surface area contributed by atoms with Crippen molar-refractivity contribution in [3.8, 4) is 17.2 Å². The van der Waals surface area contributed by atoms with Gasteiger partial charge in [-0.25, -0.2) is 0 Å². The third-order valence-electron chi connectivity index (χ3n) is 3.97. The molecule has 0 unspecified atom stereocenters. The van der Waals surface area contributed by atoms with Crippen molar-refractivity contribution in [1.82, 2.24) is 4.98 Å². The molecule has 0 bridgehead atoms.